The van der Waals surface area contributed by atoms with Gasteiger partial charge in [0.2, 0.25) is 0 Å². The van der Waals surface area contributed by atoms with Crippen molar-refractivity contribution < 1.29 is 0 Å². The van der Waals surface area contributed by atoms with E-state index in [-0.39, 0.29) is 0 Å². The molecule has 0 aliphatic heterocycles. The van der Waals surface area contributed by atoms with Gasteiger partial charge in [0, 0.05) is 24.7 Å². The van der Waals surface area contributed by atoms with Gasteiger partial charge in [0.25, 0.3) is 0 Å². The predicted octanol–water partition coefficient (Wildman–Crippen LogP) is 3.02. The SMILES string of the molecule is CN(c1ccc(CCl)cc1)C1CC1. The fourth-order valence-corrected chi connectivity index (χ4v) is 1.67. The van der Waals surface area contributed by atoms with Crippen LogP contribution in [-0.2, 0) is 5.88 Å². The summed E-state index contributed by atoms with van der Waals surface area (Å²) < 4.78 is 0. The Balaban J connectivity index is 2.11. The summed E-state index contributed by atoms with van der Waals surface area (Å²) in [6.07, 6.45) is 2.68. The van der Waals surface area contributed by atoms with E-state index in [0.717, 1.165) is 6.04 Å². The molecule has 0 radical (unpaired) electrons. The summed E-state index contributed by atoms with van der Waals surface area (Å²) in [5.74, 6) is 0.605. The highest BCUT2D eigenvalue weighted by molar-refractivity contribution is 6.17. The summed E-state index contributed by atoms with van der Waals surface area (Å²) in [6, 6.07) is 9.27. The van der Waals surface area contributed by atoms with Crippen LogP contribution < -0.4 is 4.90 Å². The Morgan fingerprint density at radius 1 is 1.31 bits per heavy atom. The first kappa shape index (κ1) is 8.89. The fourth-order valence-electron chi connectivity index (χ4n) is 1.49. The van der Waals surface area contributed by atoms with Crippen molar-refractivity contribution in [2.45, 2.75) is 24.8 Å². The Morgan fingerprint density at radius 2 is 1.92 bits per heavy atom. The van der Waals surface area contributed by atoms with Crippen molar-refractivity contribution in [2.75, 3.05) is 11.9 Å². The lowest BCUT2D eigenvalue weighted by Gasteiger charge is -2.18. The average Bonchev–Trinajstić information content (AvgIpc) is 3.00. The van der Waals surface area contributed by atoms with E-state index in [1.807, 2.05) is 0 Å². The Hall–Kier alpha value is -0.690. The van der Waals surface area contributed by atoms with E-state index in [1.165, 1.54) is 24.1 Å². The molecule has 1 nitrogen and oxygen atoms in total. The molecule has 0 unspecified atom stereocenters. The zero-order valence-electron chi connectivity index (χ0n) is 7.83. The van der Waals surface area contributed by atoms with Crippen molar-refractivity contribution in [3.8, 4) is 0 Å². The van der Waals surface area contributed by atoms with Crippen molar-refractivity contribution in [3.63, 3.8) is 0 Å². The van der Waals surface area contributed by atoms with Crippen molar-refractivity contribution in [1.29, 1.82) is 0 Å². The maximum Gasteiger partial charge on any atom is 0.0474 e. The van der Waals surface area contributed by atoms with Gasteiger partial charge in [-0.3, -0.25) is 0 Å². The second kappa shape index (κ2) is 3.59. The third kappa shape index (κ3) is 1.97. The van der Waals surface area contributed by atoms with Gasteiger partial charge in [0.15, 0.2) is 0 Å². The molecule has 0 aromatic heterocycles. The number of hydrogen-bond donors (Lipinski definition) is 0. The number of halogens is 1. The van der Waals surface area contributed by atoms with Crippen LogP contribution in [0.1, 0.15) is 18.4 Å². The lowest BCUT2D eigenvalue weighted by atomic mass is 10.2. The summed E-state index contributed by atoms with van der Waals surface area (Å²) in [7, 11) is 2.16. The largest absolute Gasteiger partial charge is 0.372 e. The third-order valence-corrected chi connectivity index (χ3v) is 2.90. The zero-order valence-corrected chi connectivity index (χ0v) is 8.59. The van der Waals surface area contributed by atoms with E-state index < -0.39 is 0 Å². The number of rotatable bonds is 3. The minimum absolute atomic E-state index is 0.605. The molecular weight excluding hydrogens is 182 g/mol. The van der Waals surface area contributed by atoms with E-state index in [2.05, 4.69) is 36.2 Å². The van der Waals surface area contributed by atoms with Gasteiger partial charge in [-0.15, -0.1) is 11.6 Å². The molecule has 1 saturated carbocycles. The van der Waals surface area contributed by atoms with Gasteiger partial charge in [0.1, 0.15) is 0 Å². The molecule has 1 fully saturated rings. The number of nitrogens with zero attached hydrogens (tertiary/aromatic N) is 1. The third-order valence-electron chi connectivity index (χ3n) is 2.59. The molecule has 2 heteroatoms. The molecule has 0 N–H and O–H groups in total. The predicted molar refractivity (Wildman–Crippen MR) is 57.4 cm³/mol. The van der Waals surface area contributed by atoms with Gasteiger partial charge in [-0.05, 0) is 30.5 Å². The molecular formula is C11H14ClN. The first-order valence-electron chi connectivity index (χ1n) is 4.69. The number of benzene rings is 1. The molecule has 0 heterocycles. The molecule has 0 atom stereocenters. The van der Waals surface area contributed by atoms with E-state index >= 15 is 0 Å². The van der Waals surface area contributed by atoms with Crippen LogP contribution in [-0.4, -0.2) is 13.1 Å². The summed E-state index contributed by atoms with van der Waals surface area (Å²) in [5, 5.41) is 0. The van der Waals surface area contributed by atoms with Crippen LogP contribution >= 0.6 is 11.6 Å². The summed E-state index contributed by atoms with van der Waals surface area (Å²) in [5.41, 5.74) is 2.49. The topological polar surface area (TPSA) is 3.24 Å². The molecule has 1 aromatic rings. The van der Waals surface area contributed by atoms with Gasteiger partial charge in [-0.1, -0.05) is 12.1 Å². The van der Waals surface area contributed by atoms with Gasteiger partial charge in [-0.2, -0.15) is 0 Å². The Labute approximate surface area is 84.3 Å². The van der Waals surface area contributed by atoms with Crippen LogP contribution in [0.3, 0.4) is 0 Å². The number of hydrogen-bond acceptors (Lipinski definition) is 1. The van der Waals surface area contributed by atoms with Crippen molar-refractivity contribution >= 4 is 17.3 Å². The average molecular weight is 196 g/mol. The smallest absolute Gasteiger partial charge is 0.0474 e. The van der Waals surface area contributed by atoms with E-state index in [0.29, 0.717) is 5.88 Å². The molecule has 0 spiro atoms. The first-order chi connectivity index (χ1) is 6.31. The minimum Gasteiger partial charge on any atom is -0.372 e. The van der Waals surface area contributed by atoms with E-state index in [1.54, 1.807) is 0 Å². The van der Waals surface area contributed by atoms with Crippen LogP contribution in [0.25, 0.3) is 0 Å². The molecule has 0 bridgehead atoms. The maximum atomic E-state index is 5.72. The Morgan fingerprint density at radius 3 is 2.38 bits per heavy atom. The van der Waals surface area contributed by atoms with Crippen molar-refractivity contribution in [1.82, 2.24) is 0 Å². The van der Waals surface area contributed by atoms with Gasteiger partial charge >= 0.3 is 0 Å². The summed E-state index contributed by atoms with van der Waals surface area (Å²) in [6.45, 7) is 0. The lowest BCUT2D eigenvalue weighted by molar-refractivity contribution is 0.916. The highest BCUT2D eigenvalue weighted by Gasteiger charge is 2.26. The molecule has 0 saturated heterocycles. The van der Waals surface area contributed by atoms with Gasteiger partial charge < -0.3 is 4.90 Å². The quantitative estimate of drug-likeness (QED) is 0.671. The maximum absolute atomic E-state index is 5.72. The molecule has 1 aliphatic rings. The minimum atomic E-state index is 0.605. The number of alkyl halides is 1. The molecule has 1 aromatic carbocycles. The monoisotopic (exact) mass is 195 g/mol. The normalized spacial score (nSPS) is 15.8. The summed E-state index contributed by atoms with van der Waals surface area (Å²) >= 11 is 5.72. The van der Waals surface area contributed by atoms with Crippen molar-refractivity contribution in [3.05, 3.63) is 29.8 Å². The zero-order chi connectivity index (χ0) is 9.26. The second-order valence-corrected chi connectivity index (χ2v) is 3.91. The van der Waals surface area contributed by atoms with Crippen LogP contribution in [0, 0.1) is 0 Å². The fraction of sp³-hybridized carbons (Fsp3) is 0.455. The van der Waals surface area contributed by atoms with Crippen LogP contribution in [0.5, 0.6) is 0 Å². The lowest BCUT2D eigenvalue weighted by Crippen LogP contribution is -2.19. The molecule has 13 heavy (non-hydrogen) atoms. The van der Waals surface area contributed by atoms with Gasteiger partial charge in [-0.25, -0.2) is 0 Å². The standard InChI is InChI=1S/C11H14ClN/c1-13(11-6-7-11)10-4-2-9(8-12)3-5-10/h2-5,11H,6-8H2,1H3. The highest BCUT2D eigenvalue weighted by Crippen LogP contribution is 2.30. The highest BCUT2D eigenvalue weighted by atomic mass is 35.5. The van der Waals surface area contributed by atoms with Crippen LogP contribution in [0.15, 0.2) is 24.3 Å². The number of anilines is 1. The molecule has 1 aliphatic carbocycles. The van der Waals surface area contributed by atoms with Crippen LogP contribution in [0.2, 0.25) is 0 Å². The molecule has 0 amide bonds. The van der Waals surface area contributed by atoms with Crippen LogP contribution in [0.4, 0.5) is 5.69 Å². The molecule has 2 rings (SSSR count). The first-order valence-corrected chi connectivity index (χ1v) is 5.22. The Bertz CT molecular complexity index is 277. The van der Waals surface area contributed by atoms with Crippen molar-refractivity contribution in [2.24, 2.45) is 0 Å². The van der Waals surface area contributed by atoms with E-state index in [9.17, 15) is 0 Å². The van der Waals surface area contributed by atoms with E-state index in [4.69, 9.17) is 11.6 Å². The Kier molecular flexibility index (Phi) is 2.45. The molecule has 70 valence electrons. The second-order valence-electron chi connectivity index (χ2n) is 3.64. The summed E-state index contributed by atoms with van der Waals surface area (Å²) in [4.78, 5) is 2.35. The van der Waals surface area contributed by atoms with Gasteiger partial charge in [0.05, 0.1) is 0 Å².